The zero-order chi connectivity index (χ0) is 25.4. The first-order valence-electron chi connectivity index (χ1n) is 9.86. The van der Waals surface area contributed by atoms with Crippen molar-refractivity contribution in [3.05, 3.63) is 83.7 Å². The number of amides is 1. The first-order valence-corrected chi connectivity index (χ1v) is 9.86. The SMILES string of the molecule is Nc1ccccc1CC(=O)NC1(C(O)(C(F)(F)F)C(F)(F)F)C=CC(c2ccccc2F)=CC1. The maximum absolute atomic E-state index is 14.1. The van der Waals surface area contributed by atoms with E-state index in [-0.39, 0.29) is 22.4 Å². The lowest BCUT2D eigenvalue weighted by molar-refractivity contribution is -0.385. The summed E-state index contributed by atoms with van der Waals surface area (Å²) in [5.41, 5.74) is -2.81. The molecule has 2 aromatic rings. The van der Waals surface area contributed by atoms with Gasteiger partial charge in [-0.05, 0) is 29.7 Å². The molecule has 1 unspecified atom stereocenters. The van der Waals surface area contributed by atoms with Gasteiger partial charge >= 0.3 is 12.4 Å². The van der Waals surface area contributed by atoms with E-state index in [0.29, 0.717) is 6.08 Å². The zero-order valence-electron chi connectivity index (χ0n) is 17.3. The molecule has 4 nitrogen and oxygen atoms in total. The summed E-state index contributed by atoms with van der Waals surface area (Å²) in [6.07, 6.45) is -12.1. The highest BCUT2D eigenvalue weighted by molar-refractivity contribution is 5.83. The number of nitrogens with one attached hydrogen (secondary N) is 1. The van der Waals surface area contributed by atoms with Crippen LogP contribution in [-0.2, 0) is 11.2 Å². The lowest BCUT2D eigenvalue weighted by atomic mass is 9.72. The fourth-order valence-corrected chi connectivity index (χ4v) is 3.81. The number of halogens is 7. The summed E-state index contributed by atoms with van der Waals surface area (Å²) >= 11 is 0. The Morgan fingerprint density at radius 1 is 1.00 bits per heavy atom. The van der Waals surface area contributed by atoms with E-state index in [1.165, 1.54) is 42.5 Å². The minimum Gasteiger partial charge on any atom is -0.398 e. The Kier molecular flexibility index (Phi) is 6.53. The molecule has 182 valence electrons. The Morgan fingerprint density at radius 3 is 2.12 bits per heavy atom. The fraction of sp³-hybridized carbons (Fsp3) is 0.261. The summed E-state index contributed by atoms with van der Waals surface area (Å²) in [6, 6.07) is 11.0. The van der Waals surface area contributed by atoms with Crippen LogP contribution in [0.3, 0.4) is 0 Å². The number of para-hydroxylation sites is 1. The van der Waals surface area contributed by atoms with Crippen LogP contribution in [0, 0.1) is 5.82 Å². The lowest BCUT2D eigenvalue weighted by Gasteiger charge is -2.47. The van der Waals surface area contributed by atoms with Crippen LogP contribution >= 0.6 is 0 Å². The van der Waals surface area contributed by atoms with Crippen LogP contribution in [0.1, 0.15) is 17.5 Å². The molecule has 1 amide bonds. The van der Waals surface area contributed by atoms with Gasteiger partial charge in [-0.15, -0.1) is 0 Å². The average Bonchev–Trinajstić information content (AvgIpc) is 2.74. The van der Waals surface area contributed by atoms with Crippen LogP contribution in [0.25, 0.3) is 5.57 Å². The van der Waals surface area contributed by atoms with E-state index in [1.54, 1.807) is 5.32 Å². The topological polar surface area (TPSA) is 75.4 Å². The number of nitrogens with two attached hydrogens (primary N) is 1. The van der Waals surface area contributed by atoms with Gasteiger partial charge in [0.2, 0.25) is 5.91 Å². The number of carbonyl (C=O) groups excluding carboxylic acids is 1. The number of allylic oxidation sites excluding steroid dienone is 2. The number of benzene rings is 2. The Labute approximate surface area is 189 Å². The van der Waals surface area contributed by atoms with E-state index >= 15 is 0 Å². The van der Waals surface area contributed by atoms with Gasteiger partial charge in [0, 0.05) is 11.3 Å². The molecule has 34 heavy (non-hydrogen) atoms. The van der Waals surface area contributed by atoms with Crippen molar-refractivity contribution in [3.8, 4) is 0 Å². The molecule has 4 N–H and O–H groups in total. The predicted octanol–water partition coefficient (Wildman–Crippen LogP) is 4.70. The number of alkyl halides is 6. The Hall–Kier alpha value is -3.34. The Balaban J connectivity index is 2.06. The molecule has 11 heteroatoms. The molecule has 1 aliphatic carbocycles. The summed E-state index contributed by atoms with van der Waals surface area (Å²) in [5.74, 6) is -1.99. The standard InChI is InChI=1S/C23H19F7N2O2/c24-17-7-3-2-6-16(17)14-9-11-20(12-10-14,21(34,22(25,26)27)23(28,29)30)32-19(33)13-15-5-1-4-8-18(15)31/h1-11,34H,12-13,31H2,(H,32,33). The molecule has 0 spiro atoms. The van der Waals surface area contributed by atoms with Gasteiger partial charge < -0.3 is 16.2 Å². The highest BCUT2D eigenvalue weighted by Gasteiger charge is 2.79. The number of anilines is 1. The number of nitrogen functional groups attached to an aromatic ring is 1. The minimum absolute atomic E-state index is 0.0121. The smallest absolute Gasteiger partial charge is 0.398 e. The highest BCUT2D eigenvalue weighted by atomic mass is 19.4. The second-order valence-corrected chi connectivity index (χ2v) is 7.78. The van der Waals surface area contributed by atoms with Crippen molar-refractivity contribution in [2.75, 3.05) is 5.73 Å². The van der Waals surface area contributed by atoms with Gasteiger partial charge in [-0.2, -0.15) is 26.3 Å². The fourth-order valence-electron chi connectivity index (χ4n) is 3.81. The molecular formula is C23H19F7N2O2. The molecule has 0 fully saturated rings. The monoisotopic (exact) mass is 488 g/mol. The van der Waals surface area contributed by atoms with Crippen LogP contribution in [0.4, 0.5) is 36.4 Å². The van der Waals surface area contributed by atoms with E-state index in [2.05, 4.69) is 0 Å². The van der Waals surface area contributed by atoms with Crippen molar-refractivity contribution >= 4 is 17.2 Å². The number of carbonyl (C=O) groups is 1. The quantitative estimate of drug-likeness (QED) is 0.422. The third kappa shape index (κ3) is 4.39. The van der Waals surface area contributed by atoms with Crippen molar-refractivity contribution in [3.63, 3.8) is 0 Å². The normalized spacial score (nSPS) is 19.0. The largest absolute Gasteiger partial charge is 0.429 e. The molecule has 2 aromatic carbocycles. The van der Waals surface area contributed by atoms with E-state index in [9.17, 15) is 40.6 Å². The maximum atomic E-state index is 14.1. The maximum Gasteiger partial charge on any atom is 0.429 e. The van der Waals surface area contributed by atoms with Crippen LogP contribution in [0.5, 0.6) is 0 Å². The molecule has 0 radical (unpaired) electrons. The molecule has 0 aliphatic heterocycles. The molecule has 1 aliphatic rings. The summed E-state index contributed by atoms with van der Waals surface area (Å²) in [5, 5.41) is 11.9. The number of hydrogen-bond acceptors (Lipinski definition) is 3. The summed E-state index contributed by atoms with van der Waals surface area (Å²) < 4.78 is 96.9. The van der Waals surface area contributed by atoms with E-state index in [4.69, 9.17) is 5.73 Å². The predicted molar refractivity (Wildman–Crippen MR) is 111 cm³/mol. The summed E-state index contributed by atoms with van der Waals surface area (Å²) in [4.78, 5) is 12.6. The number of aliphatic hydroxyl groups is 1. The van der Waals surface area contributed by atoms with Gasteiger partial charge in [0.25, 0.3) is 5.60 Å². The molecule has 0 heterocycles. The van der Waals surface area contributed by atoms with Gasteiger partial charge in [-0.1, -0.05) is 54.6 Å². The van der Waals surface area contributed by atoms with Gasteiger partial charge in [0.1, 0.15) is 11.4 Å². The van der Waals surface area contributed by atoms with Gasteiger partial charge in [-0.25, -0.2) is 4.39 Å². The van der Waals surface area contributed by atoms with Crippen molar-refractivity contribution in [1.82, 2.24) is 5.32 Å². The number of hydrogen-bond donors (Lipinski definition) is 3. The summed E-state index contributed by atoms with van der Waals surface area (Å²) in [7, 11) is 0. The number of rotatable bonds is 5. The minimum atomic E-state index is -6.22. The molecule has 1 atom stereocenters. The Morgan fingerprint density at radius 2 is 1.59 bits per heavy atom. The third-order valence-corrected chi connectivity index (χ3v) is 5.61. The second-order valence-electron chi connectivity index (χ2n) is 7.78. The summed E-state index contributed by atoms with van der Waals surface area (Å²) in [6.45, 7) is 0. The first-order chi connectivity index (χ1) is 15.7. The van der Waals surface area contributed by atoms with Crippen molar-refractivity contribution < 1.29 is 40.6 Å². The van der Waals surface area contributed by atoms with E-state index in [1.807, 2.05) is 0 Å². The molecule has 0 aromatic heterocycles. The third-order valence-electron chi connectivity index (χ3n) is 5.61. The molecule has 3 rings (SSSR count). The lowest BCUT2D eigenvalue weighted by Crippen LogP contribution is -2.75. The van der Waals surface area contributed by atoms with Crippen molar-refractivity contribution in [1.29, 1.82) is 0 Å². The van der Waals surface area contributed by atoms with Gasteiger partial charge in [0.05, 0.1) is 6.42 Å². The molecule has 0 saturated heterocycles. The van der Waals surface area contributed by atoms with Crippen molar-refractivity contribution in [2.24, 2.45) is 0 Å². The van der Waals surface area contributed by atoms with E-state index < -0.39 is 48.1 Å². The zero-order valence-corrected chi connectivity index (χ0v) is 17.3. The van der Waals surface area contributed by atoms with Crippen LogP contribution in [0.15, 0.2) is 66.8 Å². The molecule has 0 bridgehead atoms. The van der Waals surface area contributed by atoms with Crippen LogP contribution in [-0.4, -0.2) is 34.5 Å². The van der Waals surface area contributed by atoms with E-state index in [0.717, 1.165) is 18.2 Å². The highest BCUT2D eigenvalue weighted by Crippen LogP contribution is 2.52. The Bertz CT molecular complexity index is 1120. The van der Waals surface area contributed by atoms with Gasteiger partial charge in [0.15, 0.2) is 0 Å². The molecule has 0 saturated carbocycles. The van der Waals surface area contributed by atoms with Crippen LogP contribution < -0.4 is 11.1 Å². The van der Waals surface area contributed by atoms with Crippen molar-refractivity contribution in [2.45, 2.75) is 36.3 Å². The molecular weight excluding hydrogens is 469 g/mol. The first kappa shape index (κ1) is 25.3. The average molecular weight is 488 g/mol. The van der Waals surface area contributed by atoms with Crippen LogP contribution in [0.2, 0.25) is 0 Å². The van der Waals surface area contributed by atoms with Gasteiger partial charge in [-0.3, -0.25) is 4.79 Å². The second kappa shape index (κ2) is 8.79.